The van der Waals surface area contributed by atoms with E-state index in [1.165, 1.54) is 0 Å². The van der Waals surface area contributed by atoms with E-state index in [2.05, 4.69) is 19.8 Å². The van der Waals surface area contributed by atoms with Gasteiger partial charge in [0.15, 0.2) is 0 Å². The van der Waals surface area contributed by atoms with Crippen molar-refractivity contribution in [1.82, 2.24) is 0 Å². The minimum atomic E-state index is -4.00. The van der Waals surface area contributed by atoms with E-state index in [1.807, 2.05) is 0 Å². The van der Waals surface area contributed by atoms with Gasteiger partial charge in [-0.2, -0.15) is 8.42 Å². The molecular formula is C2H4Cl2O4S. The largest absolute Gasteiger partial charge is 0.416 e. The Bertz CT molecular complexity index is 152. The molecule has 0 saturated carbocycles. The molecule has 0 saturated heterocycles. The number of hydrogen-bond donors (Lipinski definition) is 0. The Morgan fingerprint density at radius 3 is 2.33 bits per heavy atom. The Morgan fingerprint density at radius 2 is 2.00 bits per heavy atom. The summed E-state index contributed by atoms with van der Waals surface area (Å²) in [5.74, 6) is 0.0689. The molecule has 0 bridgehead atoms. The third kappa shape index (κ3) is 4.92. The van der Waals surface area contributed by atoms with Gasteiger partial charge in [-0.3, -0.25) is 0 Å². The molecular weight excluding hydrogens is 191 g/mol. The molecule has 0 aliphatic carbocycles. The SMILES string of the molecule is O=S(=O)(OCl)OCCCl. The third-order valence-electron chi connectivity index (χ3n) is 0.382. The molecule has 0 unspecified atom stereocenters. The van der Waals surface area contributed by atoms with Crippen molar-refractivity contribution in [3.05, 3.63) is 0 Å². The quantitative estimate of drug-likeness (QED) is 0.618. The highest BCUT2D eigenvalue weighted by molar-refractivity contribution is 7.82. The van der Waals surface area contributed by atoms with Gasteiger partial charge < -0.3 is 0 Å². The molecule has 0 heterocycles. The van der Waals surface area contributed by atoms with Crippen LogP contribution in [0.3, 0.4) is 0 Å². The lowest BCUT2D eigenvalue weighted by Gasteiger charge is -1.95. The number of halogens is 2. The Balaban J connectivity index is 3.61. The summed E-state index contributed by atoms with van der Waals surface area (Å²) < 4.78 is 27.7. The zero-order valence-corrected chi connectivity index (χ0v) is 6.54. The molecule has 0 atom stereocenters. The van der Waals surface area contributed by atoms with Crippen molar-refractivity contribution in [2.24, 2.45) is 0 Å². The maximum absolute atomic E-state index is 10.1. The Hall–Kier alpha value is 0.450. The molecule has 0 aromatic rings. The van der Waals surface area contributed by atoms with Crippen LogP contribution in [0, 0.1) is 0 Å². The lowest BCUT2D eigenvalue weighted by Crippen LogP contribution is -2.06. The van der Waals surface area contributed by atoms with E-state index in [1.54, 1.807) is 0 Å². The summed E-state index contributed by atoms with van der Waals surface area (Å²) >= 11 is 9.55. The molecule has 0 fully saturated rings. The molecule has 0 spiro atoms. The van der Waals surface area contributed by atoms with Crippen molar-refractivity contribution in [3.63, 3.8) is 0 Å². The molecule has 7 heteroatoms. The smallest absolute Gasteiger partial charge is 0.246 e. The van der Waals surface area contributed by atoms with Gasteiger partial charge in [0.2, 0.25) is 0 Å². The normalized spacial score (nSPS) is 11.8. The van der Waals surface area contributed by atoms with Gasteiger partial charge in [-0.05, 0) is 0 Å². The van der Waals surface area contributed by atoms with Gasteiger partial charge in [0.25, 0.3) is 0 Å². The van der Waals surface area contributed by atoms with Crippen LogP contribution < -0.4 is 0 Å². The summed E-state index contributed by atoms with van der Waals surface area (Å²) in [5.41, 5.74) is 0. The first-order valence-electron chi connectivity index (χ1n) is 1.88. The van der Waals surface area contributed by atoms with Crippen LogP contribution in [0.15, 0.2) is 0 Å². The number of hydrogen-bond acceptors (Lipinski definition) is 4. The number of alkyl halides is 1. The maximum Gasteiger partial charge on any atom is 0.416 e. The van der Waals surface area contributed by atoms with Crippen molar-refractivity contribution in [1.29, 1.82) is 0 Å². The Morgan fingerprint density at radius 1 is 1.44 bits per heavy atom. The summed E-state index contributed by atoms with van der Waals surface area (Å²) in [5, 5.41) is 0. The van der Waals surface area contributed by atoms with E-state index in [0.29, 0.717) is 0 Å². The Labute approximate surface area is 63.2 Å². The van der Waals surface area contributed by atoms with Crippen LogP contribution in [0.1, 0.15) is 0 Å². The van der Waals surface area contributed by atoms with Gasteiger partial charge in [0.05, 0.1) is 18.5 Å². The molecule has 0 aliphatic heterocycles. The van der Waals surface area contributed by atoms with Crippen LogP contribution in [0.25, 0.3) is 0 Å². The van der Waals surface area contributed by atoms with Gasteiger partial charge >= 0.3 is 10.4 Å². The van der Waals surface area contributed by atoms with E-state index < -0.39 is 10.4 Å². The standard InChI is InChI=1S/C2H4Cl2O4S/c3-1-2-7-9(5,6)8-4/h1-2H2. The topological polar surface area (TPSA) is 52.6 Å². The average molecular weight is 195 g/mol. The molecule has 0 amide bonds. The minimum Gasteiger partial charge on any atom is -0.246 e. The van der Waals surface area contributed by atoms with Crippen LogP contribution in [0.5, 0.6) is 0 Å². The first kappa shape index (κ1) is 9.45. The van der Waals surface area contributed by atoms with E-state index in [-0.39, 0.29) is 12.5 Å². The van der Waals surface area contributed by atoms with Crippen LogP contribution in [-0.4, -0.2) is 20.9 Å². The summed E-state index contributed by atoms with van der Waals surface area (Å²) in [4.78, 5) is 0. The molecule has 0 aromatic carbocycles. The van der Waals surface area contributed by atoms with Crippen LogP contribution in [0.4, 0.5) is 0 Å². The molecule has 4 nitrogen and oxygen atoms in total. The summed E-state index contributed by atoms with van der Waals surface area (Å²) in [6.07, 6.45) is 0. The summed E-state index contributed by atoms with van der Waals surface area (Å²) in [7, 11) is -4.00. The van der Waals surface area contributed by atoms with Crippen molar-refractivity contribution >= 4 is 33.9 Å². The zero-order chi connectivity index (χ0) is 7.33. The van der Waals surface area contributed by atoms with Crippen LogP contribution >= 0.6 is 23.5 Å². The molecule has 9 heavy (non-hydrogen) atoms. The molecule has 0 rings (SSSR count). The van der Waals surface area contributed by atoms with Crippen molar-refractivity contribution in [2.45, 2.75) is 0 Å². The number of rotatable bonds is 4. The second-order valence-corrected chi connectivity index (χ2v) is 2.92. The predicted molar refractivity (Wildman–Crippen MR) is 32.5 cm³/mol. The lowest BCUT2D eigenvalue weighted by molar-refractivity contribution is 0.295. The minimum absolute atomic E-state index is 0.0689. The highest BCUT2D eigenvalue weighted by atomic mass is 35.5. The average Bonchev–Trinajstić information content (AvgIpc) is 1.84. The summed E-state index contributed by atoms with van der Waals surface area (Å²) in [6, 6.07) is 0. The summed E-state index contributed by atoms with van der Waals surface area (Å²) in [6.45, 7) is -0.142. The first-order valence-corrected chi connectivity index (χ1v) is 4.05. The van der Waals surface area contributed by atoms with Gasteiger partial charge in [0, 0.05) is 5.88 Å². The van der Waals surface area contributed by atoms with Crippen molar-refractivity contribution in [2.75, 3.05) is 12.5 Å². The van der Waals surface area contributed by atoms with Gasteiger partial charge in [-0.15, -0.1) is 15.3 Å². The fourth-order valence-electron chi connectivity index (χ4n) is 0.152. The van der Waals surface area contributed by atoms with E-state index in [4.69, 9.17) is 11.6 Å². The second kappa shape index (κ2) is 4.29. The van der Waals surface area contributed by atoms with Gasteiger partial charge in [0.1, 0.15) is 0 Å². The maximum atomic E-state index is 10.1. The highest BCUT2D eigenvalue weighted by Gasteiger charge is 2.08. The van der Waals surface area contributed by atoms with E-state index in [9.17, 15) is 8.42 Å². The molecule has 0 aromatic heterocycles. The van der Waals surface area contributed by atoms with E-state index in [0.717, 1.165) is 0 Å². The van der Waals surface area contributed by atoms with Crippen molar-refractivity contribution < 1.29 is 16.3 Å². The highest BCUT2D eigenvalue weighted by Crippen LogP contribution is 1.97. The lowest BCUT2D eigenvalue weighted by atomic mass is 10.9. The monoisotopic (exact) mass is 194 g/mol. The predicted octanol–water partition coefficient (Wildman–Crippen LogP) is 0.657. The fraction of sp³-hybridized carbons (Fsp3) is 1.00. The van der Waals surface area contributed by atoms with Crippen LogP contribution in [0.2, 0.25) is 0 Å². The molecule has 56 valence electrons. The first-order chi connectivity index (χ1) is 4.12. The third-order valence-corrected chi connectivity index (χ3v) is 1.61. The van der Waals surface area contributed by atoms with Crippen molar-refractivity contribution in [3.8, 4) is 0 Å². The van der Waals surface area contributed by atoms with Gasteiger partial charge in [-0.25, -0.2) is 4.18 Å². The fourth-order valence-corrected chi connectivity index (χ4v) is 0.753. The second-order valence-electron chi connectivity index (χ2n) is 0.982. The van der Waals surface area contributed by atoms with E-state index >= 15 is 0 Å². The van der Waals surface area contributed by atoms with Gasteiger partial charge in [-0.1, -0.05) is 0 Å². The van der Waals surface area contributed by atoms with Crippen LogP contribution in [-0.2, 0) is 18.3 Å². The molecule has 0 aliphatic rings. The molecule has 0 radical (unpaired) electrons. The Kier molecular flexibility index (Phi) is 4.51. The zero-order valence-electron chi connectivity index (χ0n) is 4.21. The molecule has 0 N–H and O–H groups in total.